The van der Waals surface area contributed by atoms with Crippen LogP contribution in [0.2, 0.25) is 0 Å². The molecule has 0 radical (unpaired) electrons. The Morgan fingerprint density at radius 2 is 1.85 bits per heavy atom. The normalized spacial score (nSPS) is 12.6. The summed E-state index contributed by atoms with van der Waals surface area (Å²) in [7, 11) is 0. The van der Waals surface area contributed by atoms with Gasteiger partial charge in [0.2, 0.25) is 0 Å². The lowest BCUT2D eigenvalue weighted by Crippen LogP contribution is -1.97. The number of carbonyl (C=O) groups is 2. The van der Waals surface area contributed by atoms with Crippen LogP contribution in [0.5, 0.6) is 0 Å². The van der Waals surface area contributed by atoms with Gasteiger partial charge in [-0.15, -0.1) is 5.10 Å². The van der Waals surface area contributed by atoms with E-state index in [0.29, 0.717) is 11.1 Å². The van der Waals surface area contributed by atoms with Crippen molar-refractivity contribution < 1.29 is 14.3 Å². The van der Waals surface area contributed by atoms with Crippen molar-refractivity contribution in [3.63, 3.8) is 0 Å². The van der Waals surface area contributed by atoms with Gasteiger partial charge >= 0.3 is 11.9 Å². The van der Waals surface area contributed by atoms with E-state index in [4.69, 9.17) is 0 Å². The van der Waals surface area contributed by atoms with Gasteiger partial charge in [-0.25, -0.2) is 9.59 Å². The molecule has 1 aromatic heterocycles. The minimum Gasteiger partial charge on any atom is -0.386 e. The van der Waals surface area contributed by atoms with Gasteiger partial charge in [-0.05, 0) is 28.4 Å². The molecule has 1 aliphatic rings. The van der Waals surface area contributed by atoms with E-state index in [2.05, 4.69) is 14.3 Å². The van der Waals surface area contributed by atoms with Gasteiger partial charge in [-0.1, -0.05) is 34.8 Å². The van der Waals surface area contributed by atoms with E-state index in [1.165, 1.54) is 11.5 Å². The first-order chi connectivity index (χ1) is 9.77. The zero-order valence-electron chi connectivity index (χ0n) is 10.1. The lowest BCUT2D eigenvalue weighted by molar-refractivity contribution is 0.0444. The summed E-state index contributed by atoms with van der Waals surface area (Å²) >= 11 is 1.35. The zero-order valence-corrected chi connectivity index (χ0v) is 11.0. The first-order valence-electron chi connectivity index (χ1n) is 5.76. The fraction of sp³-hybridized carbons (Fsp3) is 0. The Morgan fingerprint density at radius 3 is 2.55 bits per heavy atom. The summed E-state index contributed by atoms with van der Waals surface area (Å²) in [5.41, 5.74) is 0.747. The van der Waals surface area contributed by atoms with Crippen molar-refractivity contribution in [2.24, 2.45) is 0 Å². The Morgan fingerprint density at radius 1 is 1.00 bits per heavy atom. The van der Waals surface area contributed by atoms with Crippen LogP contribution in [0.1, 0.15) is 20.7 Å². The van der Waals surface area contributed by atoms with Crippen molar-refractivity contribution in [1.82, 2.24) is 9.59 Å². The molecule has 6 heteroatoms. The van der Waals surface area contributed by atoms with Crippen LogP contribution >= 0.6 is 11.5 Å². The molecule has 98 valence electrons. The Bertz CT molecular complexity index is 767. The number of esters is 2. The summed E-state index contributed by atoms with van der Waals surface area (Å²) in [6, 6.07) is 10.9. The molecule has 5 nitrogen and oxygen atoms in total. The first-order valence-corrected chi connectivity index (χ1v) is 6.60. The van der Waals surface area contributed by atoms with E-state index < -0.39 is 11.9 Å². The predicted molar refractivity (Wildman–Crippen MR) is 73.6 cm³/mol. The monoisotopic (exact) mass is 284 g/mol. The Labute approximate surface area is 118 Å². The van der Waals surface area contributed by atoms with E-state index in [9.17, 15) is 9.59 Å². The molecule has 0 aliphatic carbocycles. The smallest absolute Gasteiger partial charge is 0.347 e. The van der Waals surface area contributed by atoms with Crippen molar-refractivity contribution in [1.29, 1.82) is 0 Å². The van der Waals surface area contributed by atoms with Crippen LogP contribution in [0.15, 0.2) is 48.0 Å². The maximum Gasteiger partial charge on any atom is 0.347 e. The van der Waals surface area contributed by atoms with Gasteiger partial charge in [0.05, 0.1) is 17.3 Å². The Balaban J connectivity index is 0.000000205. The first kappa shape index (κ1) is 12.4. The molecule has 0 amide bonds. The van der Waals surface area contributed by atoms with Crippen LogP contribution in [0.25, 0.3) is 10.8 Å². The summed E-state index contributed by atoms with van der Waals surface area (Å²) in [4.78, 5) is 22.7. The van der Waals surface area contributed by atoms with Crippen LogP contribution in [-0.2, 0) is 4.74 Å². The number of hydrogen-bond acceptors (Lipinski definition) is 6. The molecule has 0 fully saturated rings. The number of fused-ring (bicyclic) bond motifs is 3. The lowest BCUT2D eigenvalue weighted by atomic mass is 10.0. The van der Waals surface area contributed by atoms with Gasteiger partial charge in [0.1, 0.15) is 0 Å². The van der Waals surface area contributed by atoms with Crippen LogP contribution in [0.3, 0.4) is 0 Å². The predicted octanol–water partition coefficient (Wildman–Crippen LogP) is 2.69. The minimum atomic E-state index is -0.555. The molecular formula is C14H8N2O3S. The zero-order chi connectivity index (χ0) is 13.9. The third-order valence-corrected chi connectivity index (χ3v) is 3.25. The molecule has 0 atom stereocenters. The average Bonchev–Trinajstić information content (AvgIpc) is 3.12. The topological polar surface area (TPSA) is 69.2 Å². The van der Waals surface area contributed by atoms with E-state index in [1.54, 1.807) is 12.3 Å². The number of nitrogens with zero attached hydrogens (tertiary/aromatic N) is 2. The van der Waals surface area contributed by atoms with Gasteiger partial charge in [0.15, 0.2) is 0 Å². The number of aromatic nitrogens is 2. The second-order valence-corrected chi connectivity index (χ2v) is 4.62. The number of rotatable bonds is 0. The number of carbonyl (C=O) groups excluding carboxylic acids is 2. The van der Waals surface area contributed by atoms with Crippen LogP contribution < -0.4 is 0 Å². The van der Waals surface area contributed by atoms with Crippen molar-refractivity contribution in [3.8, 4) is 0 Å². The van der Waals surface area contributed by atoms with Crippen molar-refractivity contribution >= 4 is 34.2 Å². The SMILES string of the molecule is O=C1OC(=O)c2c1ccc1ccccc21.c1csnn1. The van der Waals surface area contributed by atoms with Crippen molar-refractivity contribution in [3.05, 3.63) is 59.1 Å². The lowest BCUT2D eigenvalue weighted by Gasteiger charge is -1.99. The Hall–Kier alpha value is -2.60. The molecule has 3 aromatic rings. The molecule has 0 spiro atoms. The number of benzene rings is 2. The van der Waals surface area contributed by atoms with E-state index >= 15 is 0 Å². The van der Waals surface area contributed by atoms with E-state index in [0.717, 1.165) is 10.8 Å². The fourth-order valence-corrected chi connectivity index (χ4v) is 2.26. The highest BCUT2D eigenvalue weighted by atomic mass is 32.1. The maximum atomic E-state index is 11.4. The van der Waals surface area contributed by atoms with Gasteiger partial charge in [-0.2, -0.15) is 0 Å². The van der Waals surface area contributed by atoms with Crippen LogP contribution in [0, 0.1) is 0 Å². The van der Waals surface area contributed by atoms with Crippen molar-refractivity contribution in [2.75, 3.05) is 0 Å². The number of cyclic esters (lactones) is 2. The summed E-state index contributed by atoms with van der Waals surface area (Å²) in [6.45, 7) is 0. The molecular weight excluding hydrogens is 276 g/mol. The molecule has 0 N–H and O–H groups in total. The fourth-order valence-electron chi connectivity index (χ4n) is 1.99. The molecule has 1 aliphatic heterocycles. The highest BCUT2D eigenvalue weighted by molar-refractivity contribution is 7.03. The van der Waals surface area contributed by atoms with Crippen molar-refractivity contribution in [2.45, 2.75) is 0 Å². The summed E-state index contributed by atoms with van der Waals surface area (Å²) < 4.78 is 8.08. The molecule has 2 heterocycles. The molecule has 2 aromatic carbocycles. The second-order valence-electron chi connectivity index (χ2n) is 3.97. The summed E-state index contributed by atoms with van der Waals surface area (Å²) in [6.07, 6.45) is 1.66. The third-order valence-electron chi connectivity index (χ3n) is 2.82. The van der Waals surface area contributed by atoms with Crippen LogP contribution in [-0.4, -0.2) is 21.5 Å². The number of hydrogen-bond donors (Lipinski definition) is 0. The van der Waals surface area contributed by atoms with Gasteiger partial charge in [0.25, 0.3) is 0 Å². The molecule has 4 rings (SSSR count). The largest absolute Gasteiger partial charge is 0.386 e. The molecule has 0 unspecified atom stereocenters. The van der Waals surface area contributed by atoms with E-state index in [1.807, 2.05) is 35.7 Å². The van der Waals surface area contributed by atoms with Gasteiger partial charge < -0.3 is 4.74 Å². The second kappa shape index (κ2) is 5.18. The quantitative estimate of drug-likeness (QED) is 0.469. The Kier molecular flexibility index (Phi) is 3.22. The standard InChI is InChI=1S/C12H6O3.C2H2N2S/c13-11-9-6-5-7-3-1-2-4-8(7)10(9)12(14)15-11;1-2-5-4-3-1/h1-6H;1-2H. The summed E-state index contributed by atoms with van der Waals surface area (Å²) in [5, 5.41) is 7.01. The van der Waals surface area contributed by atoms with Gasteiger partial charge in [0, 0.05) is 5.38 Å². The van der Waals surface area contributed by atoms with Gasteiger partial charge in [-0.3, -0.25) is 0 Å². The number of ether oxygens (including phenoxy) is 1. The minimum absolute atomic E-state index is 0.360. The highest BCUT2D eigenvalue weighted by Crippen LogP contribution is 2.28. The van der Waals surface area contributed by atoms with Crippen LogP contribution in [0.4, 0.5) is 0 Å². The molecule has 0 saturated carbocycles. The third kappa shape index (κ3) is 2.17. The molecule has 20 heavy (non-hydrogen) atoms. The molecule has 0 saturated heterocycles. The maximum absolute atomic E-state index is 11.4. The molecule has 0 bridgehead atoms. The summed E-state index contributed by atoms with van der Waals surface area (Å²) in [5.74, 6) is -1.10. The van der Waals surface area contributed by atoms with E-state index in [-0.39, 0.29) is 0 Å². The average molecular weight is 284 g/mol. The highest BCUT2D eigenvalue weighted by Gasteiger charge is 2.31.